The molecule has 3 heterocycles. The fourth-order valence-electron chi connectivity index (χ4n) is 4.50. The summed E-state index contributed by atoms with van der Waals surface area (Å²) < 4.78 is 0. The van der Waals surface area contributed by atoms with Crippen LogP contribution in [0.1, 0.15) is 38.6 Å². The normalized spacial score (nSPS) is 15.1. The van der Waals surface area contributed by atoms with E-state index in [0.717, 1.165) is 24.2 Å². The number of benzene rings is 2. The minimum Gasteiger partial charge on any atom is -0.507 e. The van der Waals surface area contributed by atoms with Crippen molar-refractivity contribution in [1.29, 1.82) is 5.26 Å². The third-order valence-electron chi connectivity index (χ3n) is 6.34. The zero-order valence-electron chi connectivity index (χ0n) is 20.3. The molecule has 1 unspecified atom stereocenters. The van der Waals surface area contributed by atoms with Crippen LogP contribution < -0.4 is 11.1 Å². The van der Waals surface area contributed by atoms with Crippen LogP contribution in [0, 0.1) is 11.3 Å². The maximum atomic E-state index is 13.3. The highest BCUT2D eigenvalue weighted by atomic mass is 32.1. The van der Waals surface area contributed by atoms with E-state index in [0.29, 0.717) is 41.0 Å². The number of carbonyl (C=O) groups excluding carboxylic acids is 2. The van der Waals surface area contributed by atoms with Gasteiger partial charge in [0.2, 0.25) is 0 Å². The molecule has 0 radical (unpaired) electrons. The molecule has 1 aliphatic heterocycles. The second kappa shape index (κ2) is 10.8. The Balaban J connectivity index is 1.61. The fourth-order valence-corrected chi connectivity index (χ4v) is 5.03. The molecule has 0 saturated carbocycles. The Morgan fingerprint density at radius 1 is 1.16 bits per heavy atom. The highest BCUT2D eigenvalue weighted by Crippen LogP contribution is 2.36. The van der Waals surface area contributed by atoms with E-state index in [1.54, 1.807) is 58.8 Å². The molecule has 1 fully saturated rings. The van der Waals surface area contributed by atoms with Crippen molar-refractivity contribution < 1.29 is 14.7 Å². The second-order valence-electron chi connectivity index (χ2n) is 8.93. The number of likely N-dealkylation sites (tertiary alicyclic amines) is 1. The van der Waals surface area contributed by atoms with Gasteiger partial charge in [0.1, 0.15) is 17.4 Å². The van der Waals surface area contributed by atoms with Crippen LogP contribution in [-0.4, -0.2) is 50.9 Å². The van der Waals surface area contributed by atoms with E-state index >= 15 is 0 Å². The van der Waals surface area contributed by atoms with E-state index < -0.39 is 5.91 Å². The lowest BCUT2D eigenvalue weighted by Gasteiger charge is -2.31. The number of nitriles is 1. The van der Waals surface area contributed by atoms with Crippen molar-refractivity contribution in [3.05, 3.63) is 82.3 Å². The Kier molecular flexibility index (Phi) is 7.13. The topological polar surface area (TPSA) is 145 Å². The first-order valence-electron chi connectivity index (χ1n) is 12.0. The van der Waals surface area contributed by atoms with E-state index in [1.807, 2.05) is 0 Å². The quantitative estimate of drug-likeness (QED) is 0.353. The van der Waals surface area contributed by atoms with Crippen molar-refractivity contribution in [1.82, 2.24) is 14.9 Å². The smallest absolute Gasteiger partial charge is 0.285 e. The molecule has 1 saturated heterocycles. The summed E-state index contributed by atoms with van der Waals surface area (Å²) >= 11 is 1.16. The van der Waals surface area contributed by atoms with Crippen molar-refractivity contribution in [2.24, 2.45) is 5.73 Å². The number of rotatable bonds is 5. The van der Waals surface area contributed by atoms with Gasteiger partial charge < -0.3 is 21.1 Å². The van der Waals surface area contributed by atoms with Crippen LogP contribution in [0.25, 0.3) is 22.4 Å². The van der Waals surface area contributed by atoms with Gasteiger partial charge in [0.05, 0.1) is 5.69 Å². The Morgan fingerprint density at radius 3 is 2.74 bits per heavy atom. The number of nitrogens with zero attached hydrogens (tertiary/aromatic N) is 4. The van der Waals surface area contributed by atoms with Crippen LogP contribution in [0.4, 0.5) is 5.82 Å². The molecular formula is C28H24N6O3S. The number of para-hydroxylation sites is 1. The number of hydrogen-bond donors (Lipinski definition) is 3. The summed E-state index contributed by atoms with van der Waals surface area (Å²) in [5, 5.41) is 25.2. The van der Waals surface area contributed by atoms with Gasteiger partial charge in [-0.25, -0.2) is 9.97 Å². The van der Waals surface area contributed by atoms with Crippen molar-refractivity contribution in [2.45, 2.75) is 18.9 Å². The lowest BCUT2D eigenvalue weighted by atomic mass is 9.96. The first-order valence-corrected chi connectivity index (χ1v) is 12.9. The molecule has 1 aliphatic rings. The largest absolute Gasteiger partial charge is 0.507 e. The van der Waals surface area contributed by atoms with E-state index in [1.165, 1.54) is 12.3 Å². The summed E-state index contributed by atoms with van der Waals surface area (Å²) in [7, 11) is 0. The van der Waals surface area contributed by atoms with Gasteiger partial charge in [0, 0.05) is 47.4 Å². The Bertz CT molecular complexity index is 1550. The van der Waals surface area contributed by atoms with Gasteiger partial charge in [-0.15, -0.1) is 11.3 Å². The highest BCUT2D eigenvalue weighted by Gasteiger charge is 2.24. The third-order valence-corrected chi connectivity index (χ3v) is 7.11. The predicted molar refractivity (Wildman–Crippen MR) is 145 cm³/mol. The van der Waals surface area contributed by atoms with E-state index in [2.05, 4.69) is 21.4 Å². The molecule has 0 spiro atoms. The number of aromatic nitrogens is 2. The van der Waals surface area contributed by atoms with Gasteiger partial charge >= 0.3 is 0 Å². The number of carbonyl (C=O) groups is 2. The second-order valence-corrected chi connectivity index (χ2v) is 9.83. The molecule has 4 aromatic rings. The molecule has 9 nitrogen and oxygen atoms in total. The van der Waals surface area contributed by atoms with Crippen molar-refractivity contribution in [3.63, 3.8) is 0 Å². The summed E-state index contributed by atoms with van der Waals surface area (Å²) in [6, 6.07) is 17.4. The molecule has 2 amide bonds. The number of piperidine rings is 1. The lowest BCUT2D eigenvalue weighted by Crippen LogP contribution is -2.45. The number of phenolic OH excluding ortho intramolecular Hbond substituents is 1. The van der Waals surface area contributed by atoms with Crippen molar-refractivity contribution >= 4 is 29.0 Å². The summed E-state index contributed by atoms with van der Waals surface area (Å²) in [5.41, 5.74) is 8.50. The SMILES string of the molecule is N#Cc1c(-c2cccc(C(=O)N3CCCC(N)C3)c2)cc(-c2ccccc2O)nc1NC(=O)c1nccs1. The van der Waals surface area contributed by atoms with Crippen LogP contribution in [-0.2, 0) is 0 Å². The van der Waals surface area contributed by atoms with Gasteiger partial charge in [-0.2, -0.15) is 5.26 Å². The minimum atomic E-state index is -0.505. The molecule has 0 bridgehead atoms. The number of hydrogen-bond acceptors (Lipinski definition) is 8. The number of thiazole rings is 1. The molecule has 2 aromatic carbocycles. The molecule has 38 heavy (non-hydrogen) atoms. The van der Waals surface area contributed by atoms with Gasteiger partial charge in [-0.3, -0.25) is 9.59 Å². The standard InChI is InChI=1S/C28H24N6O3S/c29-15-22-21(17-5-3-6-18(13-17)28(37)34-11-4-7-19(30)16-34)14-23(20-8-1-2-9-24(20)35)32-25(22)33-26(36)27-31-10-12-38-27/h1-3,5-6,8-10,12-14,19,35H,4,7,11,16,30H2,(H,32,33,36). The van der Waals surface area contributed by atoms with Gasteiger partial charge in [-0.1, -0.05) is 24.3 Å². The summed E-state index contributed by atoms with van der Waals surface area (Å²) in [6.07, 6.45) is 3.25. The van der Waals surface area contributed by atoms with Crippen molar-refractivity contribution in [2.75, 3.05) is 18.4 Å². The van der Waals surface area contributed by atoms with E-state index in [-0.39, 0.29) is 34.1 Å². The number of nitrogens with two attached hydrogens (primary N) is 1. The maximum absolute atomic E-state index is 13.3. The molecule has 0 aliphatic carbocycles. The Hall–Kier alpha value is -4.59. The van der Waals surface area contributed by atoms with Crippen LogP contribution in [0.15, 0.2) is 66.2 Å². The predicted octanol–water partition coefficient (Wildman–Crippen LogP) is 4.26. The number of amides is 2. The molecule has 10 heteroatoms. The van der Waals surface area contributed by atoms with E-state index in [9.17, 15) is 20.0 Å². The fraction of sp³-hybridized carbons (Fsp3) is 0.179. The molecule has 1 atom stereocenters. The van der Waals surface area contributed by atoms with Crippen LogP contribution in [0.5, 0.6) is 5.75 Å². The van der Waals surface area contributed by atoms with Crippen LogP contribution in [0.2, 0.25) is 0 Å². The molecule has 5 rings (SSSR count). The average Bonchev–Trinajstić information content (AvgIpc) is 3.48. The van der Waals surface area contributed by atoms with Crippen LogP contribution in [0.3, 0.4) is 0 Å². The summed E-state index contributed by atoms with van der Waals surface area (Å²) in [6.45, 7) is 1.13. The third kappa shape index (κ3) is 5.11. The number of aromatic hydroxyl groups is 1. The highest BCUT2D eigenvalue weighted by molar-refractivity contribution is 7.11. The Labute approximate surface area is 223 Å². The number of nitrogens with one attached hydrogen (secondary N) is 1. The van der Waals surface area contributed by atoms with Gasteiger partial charge in [0.25, 0.3) is 11.8 Å². The summed E-state index contributed by atoms with van der Waals surface area (Å²) in [5.74, 6) is -0.608. The zero-order valence-corrected chi connectivity index (χ0v) is 21.1. The monoisotopic (exact) mass is 524 g/mol. The number of anilines is 1. The zero-order chi connectivity index (χ0) is 26.6. The van der Waals surface area contributed by atoms with Crippen LogP contribution >= 0.6 is 11.3 Å². The molecule has 4 N–H and O–H groups in total. The minimum absolute atomic E-state index is 0.00165. The van der Waals surface area contributed by atoms with E-state index in [4.69, 9.17) is 5.73 Å². The van der Waals surface area contributed by atoms with Crippen molar-refractivity contribution in [3.8, 4) is 34.2 Å². The summed E-state index contributed by atoms with van der Waals surface area (Å²) in [4.78, 5) is 36.4. The number of pyridine rings is 1. The van der Waals surface area contributed by atoms with Gasteiger partial charge in [-0.05, 0) is 48.7 Å². The lowest BCUT2D eigenvalue weighted by molar-refractivity contribution is 0.0708. The average molecular weight is 525 g/mol. The Morgan fingerprint density at radius 2 is 2.00 bits per heavy atom. The van der Waals surface area contributed by atoms with Gasteiger partial charge in [0.15, 0.2) is 10.8 Å². The molecule has 2 aromatic heterocycles. The molecular weight excluding hydrogens is 500 g/mol. The first kappa shape index (κ1) is 25.1. The maximum Gasteiger partial charge on any atom is 0.285 e. The number of phenols is 1. The first-order chi connectivity index (χ1) is 18.4. The molecule has 190 valence electrons.